The summed E-state index contributed by atoms with van der Waals surface area (Å²) in [4.78, 5) is 11.8. The summed E-state index contributed by atoms with van der Waals surface area (Å²) in [5.41, 5.74) is 0. The maximum atomic E-state index is 11.8. The van der Waals surface area contributed by atoms with Gasteiger partial charge in [-0.25, -0.2) is 0 Å². The average molecular weight is 261 g/mol. The molecule has 100 valence electrons. The Labute approximate surface area is 111 Å². The summed E-state index contributed by atoms with van der Waals surface area (Å²) < 4.78 is 0. The van der Waals surface area contributed by atoms with Crippen LogP contribution in [0.25, 0.3) is 0 Å². The third-order valence-corrected chi connectivity index (χ3v) is 4.08. The van der Waals surface area contributed by atoms with Gasteiger partial charge in [-0.2, -0.15) is 0 Å². The summed E-state index contributed by atoms with van der Waals surface area (Å²) in [5.74, 6) is 1.83. The Hall–Kier alpha value is -0.280. The Balaban J connectivity index is 0.00000144. The molecule has 1 amide bonds. The quantitative estimate of drug-likeness (QED) is 0.816. The van der Waals surface area contributed by atoms with Crippen molar-refractivity contribution in [2.24, 2.45) is 11.8 Å². The molecule has 17 heavy (non-hydrogen) atoms. The molecule has 1 aliphatic carbocycles. The van der Waals surface area contributed by atoms with E-state index in [0.717, 1.165) is 37.8 Å². The maximum Gasteiger partial charge on any atom is 0.237 e. The molecule has 2 rings (SSSR count). The van der Waals surface area contributed by atoms with Crippen molar-refractivity contribution >= 4 is 18.3 Å². The Morgan fingerprint density at radius 2 is 1.94 bits per heavy atom. The number of halogens is 1. The van der Waals surface area contributed by atoms with Crippen LogP contribution in [0.1, 0.15) is 45.4 Å². The zero-order valence-electron chi connectivity index (χ0n) is 10.7. The monoisotopic (exact) mass is 260 g/mol. The van der Waals surface area contributed by atoms with E-state index in [2.05, 4.69) is 17.6 Å². The van der Waals surface area contributed by atoms with Crippen molar-refractivity contribution in [1.82, 2.24) is 10.6 Å². The first-order chi connectivity index (χ1) is 7.75. The van der Waals surface area contributed by atoms with E-state index in [4.69, 9.17) is 0 Å². The lowest BCUT2D eigenvalue weighted by atomic mass is 9.83. The van der Waals surface area contributed by atoms with Crippen LogP contribution in [0.5, 0.6) is 0 Å². The fourth-order valence-electron chi connectivity index (χ4n) is 2.81. The number of hydrogen-bond acceptors (Lipinski definition) is 2. The predicted molar refractivity (Wildman–Crippen MR) is 72.4 cm³/mol. The van der Waals surface area contributed by atoms with Crippen molar-refractivity contribution in [2.75, 3.05) is 13.1 Å². The first-order valence-corrected chi connectivity index (χ1v) is 6.77. The minimum absolute atomic E-state index is 0. The topological polar surface area (TPSA) is 41.1 Å². The van der Waals surface area contributed by atoms with Gasteiger partial charge in [0.15, 0.2) is 0 Å². The minimum Gasteiger partial charge on any atom is -0.354 e. The molecule has 1 heterocycles. The molecule has 0 radical (unpaired) electrons. The third-order valence-electron chi connectivity index (χ3n) is 4.08. The molecule has 0 aromatic heterocycles. The fourth-order valence-corrected chi connectivity index (χ4v) is 2.81. The van der Waals surface area contributed by atoms with Crippen LogP contribution in [-0.4, -0.2) is 25.0 Å². The SMILES string of the molecule is CC1CCC(CNC(=O)C2CCCN2)CC1.Cl. The van der Waals surface area contributed by atoms with E-state index in [1.807, 2.05) is 0 Å². The number of amides is 1. The molecule has 1 atom stereocenters. The second-order valence-electron chi connectivity index (χ2n) is 5.52. The van der Waals surface area contributed by atoms with E-state index >= 15 is 0 Å². The first-order valence-electron chi connectivity index (χ1n) is 6.77. The van der Waals surface area contributed by atoms with Gasteiger partial charge < -0.3 is 10.6 Å². The Morgan fingerprint density at radius 1 is 1.24 bits per heavy atom. The van der Waals surface area contributed by atoms with Crippen LogP contribution in [-0.2, 0) is 4.79 Å². The number of carbonyl (C=O) groups is 1. The lowest BCUT2D eigenvalue weighted by Gasteiger charge is -2.26. The molecule has 0 aromatic rings. The number of nitrogens with one attached hydrogen (secondary N) is 2. The van der Waals surface area contributed by atoms with Gasteiger partial charge in [0.25, 0.3) is 0 Å². The van der Waals surface area contributed by atoms with Gasteiger partial charge >= 0.3 is 0 Å². The van der Waals surface area contributed by atoms with E-state index in [1.165, 1.54) is 25.7 Å². The number of rotatable bonds is 3. The molecular formula is C13H25ClN2O. The van der Waals surface area contributed by atoms with Crippen molar-refractivity contribution in [3.05, 3.63) is 0 Å². The molecule has 1 aliphatic heterocycles. The largest absolute Gasteiger partial charge is 0.354 e. The van der Waals surface area contributed by atoms with E-state index in [-0.39, 0.29) is 24.4 Å². The van der Waals surface area contributed by atoms with Crippen LogP contribution in [0, 0.1) is 11.8 Å². The molecule has 1 saturated carbocycles. The molecule has 0 bridgehead atoms. The maximum absolute atomic E-state index is 11.8. The second-order valence-corrected chi connectivity index (χ2v) is 5.52. The van der Waals surface area contributed by atoms with Crippen LogP contribution in [0.15, 0.2) is 0 Å². The van der Waals surface area contributed by atoms with Gasteiger partial charge in [0.2, 0.25) is 5.91 Å². The lowest BCUT2D eigenvalue weighted by Crippen LogP contribution is -2.42. The highest BCUT2D eigenvalue weighted by Crippen LogP contribution is 2.27. The van der Waals surface area contributed by atoms with Crippen LogP contribution in [0.4, 0.5) is 0 Å². The molecular weight excluding hydrogens is 236 g/mol. The van der Waals surface area contributed by atoms with Gasteiger partial charge in [0, 0.05) is 6.54 Å². The summed E-state index contributed by atoms with van der Waals surface area (Å²) in [7, 11) is 0. The van der Waals surface area contributed by atoms with Crippen molar-refractivity contribution in [3.63, 3.8) is 0 Å². The normalized spacial score (nSPS) is 32.9. The minimum atomic E-state index is 0. The smallest absolute Gasteiger partial charge is 0.237 e. The summed E-state index contributed by atoms with van der Waals surface area (Å²) in [6.07, 6.45) is 7.40. The van der Waals surface area contributed by atoms with Gasteiger partial charge in [0.1, 0.15) is 0 Å². The predicted octanol–water partition coefficient (Wildman–Crippen LogP) is 2.10. The average Bonchev–Trinajstić information content (AvgIpc) is 2.81. The van der Waals surface area contributed by atoms with Gasteiger partial charge in [-0.05, 0) is 44.1 Å². The van der Waals surface area contributed by atoms with Crippen molar-refractivity contribution in [3.8, 4) is 0 Å². The summed E-state index contributed by atoms with van der Waals surface area (Å²) in [5, 5.41) is 6.35. The molecule has 2 aliphatic rings. The lowest BCUT2D eigenvalue weighted by molar-refractivity contribution is -0.123. The van der Waals surface area contributed by atoms with Crippen molar-refractivity contribution in [2.45, 2.75) is 51.5 Å². The second kappa shape index (κ2) is 7.22. The fraction of sp³-hybridized carbons (Fsp3) is 0.923. The highest BCUT2D eigenvalue weighted by Gasteiger charge is 2.23. The van der Waals surface area contributed by atoms with Crippen LogP contribution in [0.3, 0.4) is 0 Å². The molecule has 1 saturated heterocycles. The van der Waals surface area contributed by atoms with Crippen LogP contribution in [0.2, 0.25) is 0 Å². The van der Waals surface area contributed by atoms with Gasteiger partial charge in [-0.3, -0.25) is 4.79 Å². The molecule has 4 heteroatoms. The highest BCUT2D eigenvalue weighted by atomic mass is 35.5. The van der Waals surface area contributed by atoms with E-state index in [0.29, 0.717) is 0 Å². The van der Waals surface area contributed by atoms with E-state index in [9.17, 15) is 4.79 Å². The molecule has 2 N–H and O–H groups in total. The van der Waals surface area contributed by atoms with Crippen molar-refractivity contribution in [1.29, 1.82) is 0 Å². The zero-order chi connectivity index (χ0) is 11.4. The van der Waals surface area contributed by atoms with Crippen LogP contribution < -0.4 is 10.6 Å². The molecule has 1 unspecified atom stereocenters. The van der Waals surface area contributed by atoms with Gasteiger partial charge in [-0.15, -0.1) is 12.4 Å². The number of hydrogen-bond donors (Lipinski definition) is 2. The first kappa shape index (κ1) is 14.8. The zero-order valence-corrected chi connectivity index (χ0v) is 11.5. The summed E-state index contributed by atoms with van der Waals surface area (Å²) in [6, 6.07) is 0.0857. The van der Waals surface area contributed by atoms with Gasteiger partial charge in [-0.1, -0.05) is 19.8 Å². The molecule has 2 fully saturated rings. The highest BCUT2D eigenvalue weighted by molar-refractivity contribution is 5.85. The Morgan fingerprint density at radius 3 is 2.53 bits per heavy atom. The summed E-state index contributed by atoms with van der Waals surface area (Å²) in [6.45, 7) is 4.22. The van der Waals surface area contributed by atoms with Crippen LogP contribution >= 0.6 is 12.4 Å². The standard InChI is InChI=1S/C13H24N2O.ClH/c1-10-4-6-11(7-5-10)9-15-13(16)12-3-2-8-14-12;/h10-12,14H,2-9H2,1H3,(H,15,16);1H. The Kier molecular flexibility index (Phi) is 6.28. The van der Waals surface area contributed by atoms with Crippen molar-refractivity contribution < 1.29 is 4.79 Å². The molecule has 0 spiro atoms. The van der Waals surface area contributed by atoms with Gasteiger partial charge in [0.05, 0.1) is 6.04 Å². The molecule has 0 aromatic carbocycles. The van der Waals surface area contributed by atoms with E-state index < -0.39 is 0 Å². The Bertz CT molecular complexity index is 234. The molecule has 3 nitrogen and oxygen atoms in total. The van der Waals surface area contributed by atoms with E-state index in [1.54, 1.807) is 0 Å². The number of carbonyl (C=O) groups excluding carboxylic acids is 1. The third kappa shape index (κ3) is 4.47. The summed E-state index contributed by atoms with van der Waals surface area (Å²) >= 11 is 0.